The van der Waals surface area contributed by atoms with E-state index in [0.717, 1.165) is 53.0 Å². The maximum Gasteiger partial charge on any atom is 0.224 e. The molecule has 1 aromatic heterocycles. The Hall–Kier alpha value is -2.03. The number of rotatable bonds is 6. The van der Waals surface area contributed by atoms with Crippen LogP contribution in [0.15, 0.2) is 18.2 Å². The maximum absolute atomic E-state index is 6.32. The summed E-state index contributed by atoms with van der Waals surface area (Å²) in [6.07, 6.45) is 2.73. The van der Waals surface area contributed by atoms with Gasteiger partial charge < -0.3 is 9.64 Å². The minimum absolute atomic E-state index is 0.735. The van der Waals surface area contributed by atoms with Crippen LogP contribution in [0.25, 0.3) is 0 Å². The van der Waals surface area contributed by atoms with Crippen LogP contribution in [0.5, 0.6) is 11.6 Å². The third-order valence-corrected chi connectivity index (χ3v) is 5.03. The van der Waals surface area contributed by atoms with Crippen LogP contribution in [-0.2, 0) is 0 Å². The van der Waals surface area contributed by atoms with Crippen molar-refractivity contribution in [2.24, 2.45) is 5.92 Å². The van der Waals surface area contributed by atoms with Gasteiger partial charge in [-0.05, 0) is 77.5 Å². The summed E-state index contributed by atoms with van der Waals surface area (Å²) >= 11 is 0. The second kappa shape index (κ2) is 7.07. The molecule has 3 nitrogen and oxygen atoms in total. The number of aryl methyl sites for hydroxylation is 4. The molecule has 0 saturated heterocycles. The molecular weight excluding hydrogens is 308 g/mol. The number of nitrogens with zero attached hydrogens (tertiary/aromatic N) is 2. The van der Waals surface area contributed by atoms with Gasteiger partial charge in [-0.15, -0.1) is 0 Å². The fourth-order valence-corrected chi connectivity index (χ4v) is 3.55. The van der Waals surface area contributed by atoms with E-state index >= 15 is 0 Å². The molecular formula is C22H30N2O. The van der Waals surface area contributed by atoms with Crippen LogP contribution < -0.4 is 9.64 Å². The fraction of sp³-hybridized carbons (Fsp3) is 0.500. The second-order valence-electron chi connectivity index (χ2n) is 7.52. The van der Waals surface area contributed by atoms with Crippen LogP contribution in [0.4, 0.5) is 5.69 Å². The first kappa shape index (κ1) is 17.8. The number of hydrogen-bond acceptors (Lipinski definition) is 3. The number of pyridine rings is 1. The highest BCUT2D eigenvalue weighted by Crippen LogP contribution is 2.37. The number of anilines is 1. The summed E-state index contributed by atoms with van der Waals surface area (Å²) in [5.74, 6) is 2.53. The SMILES string of the molecule is CCN(CC1CC1)c1cc(C)nc(Oc2c(C)cc(C)cc2C)c1C. The quantitative estimate of drug-likeness (QED) is 0.680. The molecule has 1 aliphatic carbocycles. The highest BCUT2D eigenvalue weighted by Gasteiger charge is 2.25. The second-order valence-corrected chi connectivity index (χ2v) is 7.52. The first-order valence-electron chi connectivity index (χ1n) is 9.38. The van der Waals surface area contributed by atoms with Gasteiger partial charge in [0.25, 0.3) is 0 Å². The molecule has 0 spiro atoms. The number of benzene rings is 1. The van der Waals surface area contributed by atoms with Crippen molar-refractivity contribution in [1.82, 2.24) is 4.98 Å². The van der Waals surface area contributed by atoms with Gasteiger partial charge in [0.1, 0.15) is 5.75 Å². The van der Waals surface area contributed by atoms with E-state index in [-0.39, 0.29) is 0 Å². The average molecular weight is 338 g/mol. The van der Waals surface area contributed by atoms with Crippen molar-refractivity contribution in [2.45, 2.75) is 54.4 Å². The zero-order chi connectivity index (χ0) is 18.1. The van der Waals surface area contributed by atoms with E-state index in [0.29, 0.717) is 0 Å². The lowest BCUT2D eigenvalue weighted by Gasteiger charge is -2.26. The third-order valence-electron chi connectivity index (χ3n) is 5.03. The maximum atomic E-state index is 6.32. The summed E-state index contributed by atoms with van der Waals surface area (Å²) < 4.78 is 6.32. The molecule has 1 aromatic carbocycles. The predicted octanol–water partition coefficient (Wildman–Crippen LogP) is 5.65. The van der Waals surface area contributed by atoms with Gasteiger partial charge in [-0.25, -0.2) is 4.98 Å². The molecule has 1 fully saturated rings. The summed E-state index contributed by atoms with van der Waals surface area (Å²) in [4.78, 5) is 7.17. The van der Waals surface area contributed by atoms with Gasteiger partial charge in [-0.3, -0.25) is 0 Å². The van der Waals surface area contributed by atoms with Crippen molar-refractivity contribution in [3.8, 4) is 11.6 Å². The molecule has 3 rings (SSSR count). The summed E-state index contributed by atoms with van der Waals surface area (Å²) in [5, 5.41) is 0. The highest BCUT2D eigenvalue weighted by atomic mass is 16.5. The highest BCUT2D eigenvalue weighted by molar-refractivity contribution is 5.59. The summed E-state index contributed by atoms with van der Waals surface area (Å²) in [7, 11) is 0. The topological polar surface area (TPSA) is 25.4 Å². The van der Waals surface area contributed by atoms with Crippen molar-refractivity contribution in [2.75, 3.05) is 18.0 Å². The van der Waals surface area contributed by atoms with Gasteiger partial charge in [-0.2, -0.15) is 0 Å². The predicted molar refractivity (Wildman–Crippen MR) is 105 cm³/mol. The van der Waals surface area contributed by atoms with Gasteiger partial charge >= 0.3 is 0 Å². The number of aromatic nitrogens is 1. The molecule has 1 saturated carbocycles. The van der Waals surface area contributed by atoms with Crippen molar-refractivity contribution < 1.29 is 4.74 Å². The lowest BCUT2D eigenvalue weighted by Crippen LogP contribution is -2.26. The van der Waals surface area contributed by atoms with Crippen LogP contribution >= 0.6 is 0 Å². The van der Waals surface area contributed by atoms with Crippen LogP contribution in [0.2, 0.25) is 0 Å². The first-order chi connectivity index (χ1) is 11.9. The molecule has 0 amide bonds. The normalized spacial score (nSPS) is 13.8. The van der Waals surface area contributed by atoms with Crippen molar-refractivity contribution >= 4 is 5.69 Å². The molecule has 0 bridgehead atoms. The molecule has 0 unspecified atom stereocenters. The standard InChI is InChI=1S/C22H30N2O/c1-7-24(13-19-8-9-19)20-12-17(5)23-22(18(20)6)25-21-15(3)10-14(2)11-16(21)4/h10-12,19H,7-9,13H2,1-6H3. The largest absolute Gasteiger partial charge is 0.438 e. The van der Waals surface area contributed by atoms with E-state index < -0.39 is 0 Å². The minimum atomic E-state index is 0.735. The van der Waals surface area contributed by atoms with Crippen molar-refractivity contribution in [1.29, 1.82) is 0 Å². The third kappa shape index (κ3) is 3.97. The number of hydrogen-bond donors (Lipinski definition) is 0. The summed E-state index contributed by atoms with van der Waals surface area (Å²) in [6, 6.07) is 6.53. The smallest absolute Gasteiger partial charge is 0.224 e. The van der Waals surface area contributed by atoms with Gasteiger partial charge in [-0.1, -0.05) is 17.7 Å². The van der Waals surface area contributed by atoms with E-state index in [4.69, 9.17) is 9.72 Å². The van der Waals surface area contributed by atoms with Gasteiger partial charge in [0, 0.05) is 30.0 Å². The summed E-state index contributed by atoms with van der Waals surface area (Å²) in [5.41, 5.74) is 6.98. The average Bonchev–Trinajstić information content (AvgIpc) is 3.35. The van der Waals surface area contributed by atoms with E-state index in [1.807, 2.05) is 0 Å². The lowest BCUT2D eigenvalue weighted by molar-refractivity contribution is 0.450. The molecule has 0 aliphatic heterocycles. The Labute approximate surface area is 152 Å². The minimum Gasteiger partial charge on any atom is -0.438 e. The van der Waals surface area contributed by atoms with E-state index in [1.165, 1.54) is 24.1 Å². The Bertz CT molecular complexity index is 755. The molecule has 25 heavy (non-hydrogen) atoms. The van der Waals surface area contributed by atoms with E-state index in [1.54, 1.807) is 0 Å². The van der Waals surface area contributed by atoms with E-state index in [9.17, 15) is 0 Å². The lowest BCUT2D eigenvalue weighted by atomic mass is 10.1. The molecule has 2 aromatic rings. The summed E-state index contributed by atoms with van der Waals surface area (Å²) in [6.45, 7) is 14.9. The molecule has 0 N–H and O–H groups in total. The monoisotopic (exact) mass is 338 g/mol. The van der Waals surface area contributed by atoms with Gasteiger partial charge in [0.2, 0.25) is 5.88 Å². The Morgan fingerprint density at radius 3 is 2.24 bits per heavy atom. The Morgan fingerprint density at radius 1 is 1.04 bits per heavy atom. The first-order valence-corrected chi connectivity index (χ1v) is 9.38. The molecule has 134 valence electrons. The molecule has 0 radical (unpaired) electrons. The number of ether oxygens (including phenoxy) is 1. The van der Waals surface area contributed by atoms with Crippen LogP contribution in [0.3, 0.4) is 0 Å². The molecule has 0 atom stereocenters. The van der Waals surface area contributed by atoms with E-state index in [2.05, 4.69) is 64.6 Å². The fourth-order valence-electron chi connectivity index (χ4n) is 3.55. The molecule has 3 heteroatoms. The Balaban J connectivity index is 1.97. The van der Waals surface area contributed by atoms with Crippen LogP contribution in [-0.4, -0.2) is 18.1 Å². The van der Waals surface area contributed by atoms with Crippen LogP contribution in [0, 0.1) is 40.5 Å². The zero-order valence-corrected chi connectivity index (χ0v) is 16.4. The van der Waals surface area contributed by atoms with Crippen molar-refractivity contribution in [3.05, 3.63) is 46.1 Å². The Morgan fingerprint density at radius 2 is 1.68 bits per heavy atom. The van der Waals surface area contributed by atoms with Gasteiger partial charge in [0.15, 0.2) is 0 Å². The van der Waals surface area contributed by atoms with Gasteiger partial charge in [0.05, 0.1) is 0 Å². The zero-order valence-electron chi connectivity index (χ0n) is 16.4. The van der Waals surface area contributed by atoms with Crippen molar-refractivity contribution in [3.63, 3.8) is 0 Å². The molecule has 1 aliphatic rings. The molecule has 1 heterocycles. The Kier molecular flexibility index (Phi) is 5.03. The van der Waals surface area contributed by atoms with Crippen LogP contribution in [0.1, 0.15) is 47.7 Å².